The molecule has 0 atom stereocenters. The van der Waals surface area contributed by atoms with E-state index in [9.17, 15) is 27.6 Å². The first-order chi connectivity index (χ1) is 26.0. The number of nitrogens with one attached hydrogen (secondary N) is 2. The number of anilines is 3. The molecule has 1 saturated carbocycles. The molecule has 2 aliphatic heterocycles. The van der Waals surface area contributed by atoms with E-state index >= 15 is 0 Å². The Kier molecular flexibility index (Phi) is 9.46. The van der Waals surface area contributed by atoms with Gasteiger partial charge in [-0.2, -0.15) is 18.3 Å². The van der Waals surface area contributed by atoms with E-state index in [1.54, 1.807) is 29.3 Å². The fraction of sp³-hybridized carbons (Fsp3) is 0.421. The number of imide groups is 1. The third-order valence-electron chi connectivity index (χ3n) is 11.0. The molecule has 3 fully saturated rings. The molecule has 16 heteroatoms. The summed E-state index contributed by atoms with van der Waals surface area (Å²) >= 11 is 0. The number of halogens is 3. The summed E-state index contributed by atoms with van der Waals surface area (Å²) < 4.78 is 43.2. The molecule has 8 rings (SSSR count). The van der Waals surface area contributed by atoms with Gasteiger partial charge in [0.25, 0.3) is 5.91 Å². The zero-order valence-electron chi connectivity index (χ0n) is 29.8. The molecular formula is C38H41F3N10O3. The molecule has 5 aromatic rings. The van der Waals surface area contributed by atoms with Gasteiger partial charge in [-0.15, -0.1) is 0 Å². The number of hydrogen-bond donors (Lipinski definition) is 2. The monoisotopic (exact) mass is 742 g/mol. The number of hydrogen-bond acceptors (Lipinski definition) is 8. The van der Waals surface area contributed by atoms with Crippen molar-refractivity contribution in [3.63, 3.8) is 0 Å². The second kappa shape index (κ2) is 14.4. The number of aromatic nitrogens is 5. The number of amides is 4. The number of imidazole rings is 1. The van der Waals surface area contributed by atoms with Crippen LogP contribution in [-0.2, 0) is 11.0 Å². The maximum atomic E-state index is 13.1. The van der Waals surface area contributed by atoms with Gasteiger partial charge in [-0.1, -0.05) is 6.07 Å². The molecule has 0 unspecified atom stereocenters. The maximum absolute atomic E-state index is 13.1. The van der Waals surface area contributed by atoms with Crippen LogP contribution in [0.5, 0.6) is 0 Å². The minimum Gasteiger partial charge on any atom is -0.368 e. The first-order valence-corrected chi connectivity index (χ1v) is 18.4. The second-order valence-corrected chi connectivity index (χ2v) is 14.5. The third kappa shape index (κ3) is 7.21. The van der Waals surface area contributed by atoms with Gasteiger partial charge in [-0.3, -0.25) is 28.9 Å². The summed E-state index contributed by atoms with van der Waals surface area (Å²) in [5.74, 6) is 0.267. The number of pyridine rings is 2. The topological polar surface area (TPSA) is 133 Å². The minimum absolute atomic E-state index is 0.256. The lowest BCUT2D eigenvalue weighted by Gasteiger charge is -2.40. The van der Waals surface area contributed by atoms with E-state index in [-0.39, 0.29) is 24.1 Å². The lowest BCUT2D eigenvalue weighted by atomic mass is 9.85. The van der Waals surface area contributed by atoms with Crippen molar-refractivity contribution < 1.29 is 27.6 Å². The zero-order valence-corrected chi connectivity index (χ0v) is 29.8. The van der Waals surface area contributed by atoms with Crippen LogP contribution < -0.4 is 20.4 Å². The summed E-state index contributed by atoms with van der Waals surface area (Å²) in [7, 11) is 2.24. The van der Waals surface area contributed by atoms with Gasteiger partial charge < -0.3 is 15.1 Å². The average molecular weight is 743 g/mol. The Bertz CT molecular complexity index is 2200. The summed E-state index contributed by atoms with van der Waals surface area (Å²) in [6.07, 6.45) is 7.51. The molecule has 54 heavy (non-hydrogen) atoms. The Morgan fingerprint density at radius 3 is 2.56 bits per heavy atom. The van der Waals surface area contributed by atoms with Crippen molar-refractivity contribution in [3.8, 4) is 0 Å². The van der Waals surface area contributed by atoms with Crippen molar-refractivity contribution >= 4 is 51.6 Å². The van der Waals surface area contributed by atoms with Gasteiger partial charge in [0, 0.05) is 62.1 Å². The highest BCUT2D eigenvalue weighted by molar-refractivity contribution is 6.05. The van der Waals surface area contributed by atoms with Gasteiger partial charge in [-0.25, -0.2) is 14.8 Å². The number of nitrogens with zero attached hydrogens (tertiary/aromatic N) is 8. The molecule has 4 amide bonds. The standard InChI is InChI=1S/C38H41F3N10O3/c1-47(27-13-17-48(18-14-27)31-5-3-16-49-34(21-42-35(31)49)50-19-15-33(52)45-37(50)54)22-24-7-10-28(11-8-24)51-23-25-20-26(9-12-29(25)46-51)43-36(53)30-4-2-6-32(44-30)38(39,40)41/h2-6,9,12,16,20-21,23-24,27-28H,7-8,10-11,13-15,17-19,22H2,1H3,(H,43,53)(H,45,52,54)/t24-,28-. The van der Waals surface area contributed by atoms with Crippen molar-refractivity contribution in [1.29, 1.82) is 0 Å². The van der Waals surface area contributed by atoms with Crippen molar-refractivity contribution in [2.45, 2.75) is 63.2 Å². The second-order valence-electron chi connectivity index (χ2n) is 14.5. The van der Waals surface area contributed by atoms with Gasteiger partial charge in [0.15, 0.2) is 5.65 Å². The highest BCUT2D eigenvalue weighted by atomic mass is 19.4. The van der Waals surface area contributed by atoms with E-state index in [0.29, 0.717) is 30.0 Å². The van der Waals surface area contributed by atoms with E-state index in [4.69, 9.17) is 5.10 Å². The van der Waals surface area contributed by atoms with E-state index in [0.717, 1.165) is 86.5 Å². The number of benzene rings is 1. The average Bonchev–Trinajstić information content (AvgIpc) is 3.79. The molecule has 1 aromatic carbocycles. The van der Waals surface area contributed by atoms with E-state index in [1.165, 1.54) is 12.1 Å². The number of carbonyl (C=O) groups is 3. The molecule has 13 nitrogen and oxygen atoms in total. The highest BCUT2D eigenvalue weighted by Gasteiger charge is 2.33. The van der Waals surface area contributed by atoms with Gasteiger partial charge in [0.2, 0.25) is 5.91 Å². The molecule has 0 radical (unpaired) electrons. The molecule has 4 aromatic heterocycles. The molecule has 282 valence electrons. The number of carbonyl (C=O) groups excluding carboxylic acids is 3. The van der Waals surface area contributed by atoms with Crippen molar-refractivity contribution in [1.82, 2.24) is 34.4 Å². The number of alkyl halides is 3. The zero-order chi connectivity index (χ0) is 37.6. The van der Waals surface area contributed by atoms with Gasteiger partial charge in [0.1, 0.15) is 17.2 Å². The van der Waals surface area contributed by atoms with Crippen LogP contribution in [0.3, 0.4) is 0 Å². The summed E-state index contributed by atoms with van der Waals surface area (Å²) in [5, 5.41) is 10.7. The van der Waals surface area contributed by atoms with Crippen molar-refractivity contribution in [2.24, 2.45) is 5.92 Å². The highest BCUT2D eigenvalue weighted by Crippen LogP contribution is 2.35. The van der Waals surface area contributed by atoms with E-state index in [1.807, 2.05) is 27.5 Å². The van der Waals surface area contributed by atoms with Crippen LogP contribution in [0, 0.1) is 5.92 Å². The van der Waals surface area contributed by atoms with Gasteiger partial charge >= 0.3 is 12.2 Å². The Morgan fingerprint density at radius 2 is 1.80 bits per heavy atom. The van der Waals surface area contributed by atoms with Crippen LogP contribution in [0.25, 0.3) is 16.6 Å². The number of rotatable bonds is 8. The predicted molar refractivity (Wildman–Crippen MR) is 196 cm³/mol. The molecule has 0 spiro atoms. The smallest absolute Gasteiger partial charge is 0.368 e. The summed E-state index contributed by atoms with van der Waals surface area (Å²) in [6.45, 7) is 3.18. The summed E-state index contributed by atoms with van der Waals surface area (Å²) in [4.78, 5) is 51.4. The first-order valence-electron chi connectivity index (χ1n) is 18.4. The molecule has 1 aliphatic carbocycles. The lowest BCUT2D eigenvalue weighted by Crippen LogP contribution is -2.50. The fourth-order valence-electron chi connectivity index (χ4n) is 8.13. The Balaban J connectivity index is 0.827. The van der Waals surface area contributed by atoms with Crippen molar-refractivity contribution in [3.05, 3.63) is 78.5 Å². The van der Waals surface area contributed by atoms with Crippen LogP contribution in [0.4, 0.5) is 35.2 Å². The predicted octanol–water partition coefficient (Wildman–Crippen LogP) is 6.13. The van der Waals surface area contributed by atoms with Crippen molar-refractivity contribution in [2.75, 3.05) is 48.3 Å². The first kappa shape index (κ1) is 35.5. The third-order valence-corrected chi connectivity index (χ3v) is 11.0. The lowest BCUT2D eigenvalue weighted by molar-refractivity contribution is -0.141. The largest absolute Gasteiger partial charge is 0.433 e. The Hall–Kier alpha value is -5.51. The SMILES string of the molecule is CN(C[C@H]1CC[C@H](n2cc3cc(NC(=O)c4cccc(C(F)(F)F)n4)ccc3n2)CC1)C1CCN(c2cccn3c(N4CCC(=O)NC4=O)cnc23)CC1. The fourth-order valence-corrected chi connectivity index (χ4v) is 8.13. The van der Waals surface area contributed by atoms with Crippen LogP contribution in [0.15, 0.2) is 67.1 Å². The molecule has 6 heterocycles. The summed E-state index contributed by atoms with van der Waals surface area (Å²) in [6, 6.07) is 12.9. The quantitative estimate of drug-likeness (QED) is 0.194. The Labute approximate surface area is 309 Å². The Morgan fingerprint density at radius 1 is 1.00 bits per heavy atom. The van der Waals surface area contributed by atoms with Crippen LogP contribution >= 0.6 is 0 Å². The van der Waals surface area contributed by atoms with Crippen LogP contribution in [-0.4, -0.2) is 86.2 Å². The molecular weight excluding hydrogens is 701 g/mol. The number of piperidine rings is 1. The van der Waals surface area contributed by atoms with Crippen LogP contribution in [0.1, 0.15) is 67.2 Å². The molecule has 3 aliphatic rings. The molecule has 2 N–H and O–H groups in total. The van der Waals surface area contributed by atoms with E-state index < -0.39 is 23.8 Å². The van der Waals surface area contributed by atoms with E-state index in [2.05, 4.69) is 43.5 Å². The minimum atomic E-state index is -4.63. The normalized spacial score (nSPS) is 20.2. The van der Waals surface area contributed by atoms with Gasteiger partial charge in [0.05, 0.1) is 23.4 Å². The maximum Gasteiger partial charge on any atom is 0.433 e. The van der Waals surface area contributed by atoms with Crippen LogP contribution in [0.2, 0.25) is 0 Å². The van der Waals surface area contributed by atoms with Gasteiger partial charge in [-0.05, 0) is 94.0 Å². The number of urea groups is 1. The summed E-state index contributed by atoms with van der Waals surface area (Å²) in [5.41, 5.74) is 1.66. The number of fused-ring (bicyclic) bond motifs is 2. The molecule has 0 bridgehead atoms. The molecule has 2 saturated heterocycles.